The monoisotopic (exact) mass is 148 g/mol. The smallest absolute Gasteiger partial charge is 0.0607 e. The number of hydrogen-bond acceptors (Lipinski definition) is 1. The maximum atomic E-state index is 9.92. The second-order valence-corrected chi connectivity index (χ2v) is 5.52. The summed E-state index contributed by atoms with van der Waals surface area (Å²) in [6.45, 7) is 0. The van der Waals surface area contributed by atoms with Crippen molar-refractivity contribution in [1.82, 2.24) is 0 Å². The molecule has 0 aromatic carbocycles. The number of aliphatic hydroxyl groups excluding tert-OH is 1. The molecule has 6 saturated carbocycles. The van der Waals surface area contributed by atoms with Crippen LogP contribution in [-0.2, 0) is 0 Å². The first-order valence-corrected chi connectivity index (χ1v) is 5.07. The average Bonchev–Trinajstić information content (AvgIpc) is 2.40. The molecule has 6 aliphatic carbocycles. The first-order valence-electron chi connectivity index (χ1n) is 5.07. The van der Waals surface area contributed by atoms with E-state index in [1.807, 2.05) is 0 Å². The molecule has 0 radical (unpaired) electrons. The van der Waals surface area contributed by atoms with E-state index in [9.17, 15) is 5.11 Å². The second-order valence-electron chi connectivity index (χ2n) is 5.52. The van der Waals surface area contributed by atoms with Crippen LogP contribution in [0.25, 0.3) is 0 Å². The second kappa shape index (κ2) is 1.02. The van der Waals surface area contributed by atoms with Gasteiger partial charge in [-0.25, -0.2) is 0 Å². The molecule has 6 aliphatic rings. The number of hydrogen-bond donors (Lipinski definition) is 1. The molecule has 0 saturated heterocycles. The first-order chi connectivity index (χ1) is 5.39. The predicted octanol–water partition coefficient (Wildman–Crippen LogP) is 0.735. The highest BCUT2D eigenvalue weighted by Gasteiger charge is 2.86. The van der Waals surface area contributed by atoms with Gasteiger partial charge < -0.3 is 5.11 Å². The van der Waals surface area contributed by atoms with E-state index in [0.29, 0.717) is 0 Å². The summed E-state index contributed by atoms with van der Waals surface area (Å²) in [7, 11) is 0. The minimum absolute atomic E-state index is 0.156. The van der Waals surface area contributed by atoms with Crippen LogP contribution in [0, 0.1) is 47.3 Å². The zero-order valence-corrected chi connectivity index (χ0v) is 6.35. The van der Waals surface area contributed by atoms with E-state index in [-0.39, 0.29) is 6.10 Å². The van der Waals surface area contributed by atoms with Crippen molar-refractivity contribution in [2.24, 2.45) is 47.3 Å². The van der Waals surface area contributed by atoms with Crippen molar-refractivity contribution < 1.29 is 5.11 Å². The van der Waals surface area contributed by atoms with Crippen LogP contribution < -0.4 is 0 Å². The Morgan fingerprint density at radius 3 is 2.00 bits per heavy atom. The zero-order chi connectivity index (χ0) is 6.90. The van der Waals surface area contributed by atoms with Gasteiger partial charge in [0.15, 0.2) is 0 Å². The lowest BCUT2D eigenvalue weighted by Gasteiger charge is -2.63. The molecule has 1 nitrogen and oxygen atoms in total. The number of aliphatic hydroxyl groups is 1. The molecule has 0 aromatic rings. The van der Waals surface area contributed by atoms with E-state index in [1.165, 1.54) is 6.42 Å². The highest BCUT2D eigenvalue weighted by atomic mass is 16.3. The van der Waals surface area contributed by atoms with Gasteiger partial charge in [-0.1, -0.05) is 0 Å². The van der Waals surface area contributed by atoms with Crippen molar-refractivity contribution in [2.45, 2.75) is 12.5 Å². The van der Waals surface area contributed by atoms with E-state index >= 15 is 0 Å². The lowest BCUT2D eigenvalue weighted by Crippen LogP contribution is -2.60. The third-order valence-electron chi connectivity index (χ3n) is 5.98. The summed E-state index contributed by atoms with van der Waals surface area (Å²) in [5, 5.41) is 9.92. The van der Waals surface area contributed by atoms with Crippen molar-refractivity contribution in [3.05, 3.63) is 0 Å². The van der Waals surface area contributed by atoms with Gasteiger partial charge in [-0.2, -0.15) is 0 Å². The van der Waals surface area contributed by atoms with E-state index in [2.05, 4.69) is 0 Å². The third kappa shape index (κ3) is 0.234. The summed E-state index contributed by atoms with van der Waals surface area (Å²) in [4.78, 5) is 0. The topological polar surface area (TPSA) is 20.2 Å². The van der Waals surface area contributed by atoms with Crippen LogP contribution in [0.15, 0.2) is 0 Å². The van der Waals surface area contributed by atoms with Crippen LogP contribution in [0.3, 0.4) is 0 Å². The van der Waals surface area contributed by atoms with Crippen molar-refractivity contribution in [3.63, 3.8) is 0 Å². The highest BCUT2D eigenvalue weighted by molar-refractivity contribution is 5.33. The van der Waals surface area contributed by atoms with Gasteiger partial charge in [-0.3, -0.25) is 0 Å². The Morgan fingerprint density at radius 2 is 1.36 bits per heavy atom. The standard InChI is InChI=1S/C10H12O/c11-10-7-3-1-2-4-5(3)9(10)8(4)6(2)7/h2-11H,1H2/t2-,3+,4-,5+,6+,7-,8+,9+,10-/m1/s1. The summed E-state index contributed by atoms with van der Waals surface area (Å²) in [5.74, 6) is 7.91. The van der Waals surface area contributed by atoms with Crippen LogP contribution in [0.4, 0.5) is 0 Å². The van der Waals surface area contributed by atoms with Crippen molar-refractivity contribution in [2.75, 3.05) is 0 Å². The molecule has 6 fully saturated rings. The molecule has 1 heteroatoms. The van der Waals surface area contributed by atoms with Crippen molar-refractivity contribution >= 4 is 0 Å². The van der Waals surface area contributed by atoms with Crippen LogP contribution in [0.2, 0.25) is 0 Å². The summed E-state index contributed by atoms with van der Waals surface area (Å²) in [6.07, 6.45) is 1.66. The molecule has 0 amide bonds. The van der Waals surface area contributed by atoms with Gasteiger partial charge in [0.2, 0.25) is 0 Å². The zero-order valence-electron chi connectivity index (χ0n) is 6.35. The highest BCUT2D eigenvalue weighted by Crippen LogP contribution is 2.88. The van der Waals surface area contributed by atoms with Gasteiger partial charge in [0.05, 0.1) is 6.10 Å². The van der Waals surface area contributed by atoms with Crippen LogP contribution in [-0.4, -0.2) is 11.2 Å². The summed E-state index contributed by atoms with van der Waals surface area (Å²) in [5.41, 5.74) is 0. The average molecular weight is 148 g/mol. The Balaban J connectivity index is 1.88. The van der Waals surface area contributed by atoms with Crippen LogP contribution in [0.1, 0.15) is 6.42 Å². The van der Waals surface area contributed by atoms with Gasteiger partial charge in [0.1, 0.15) is 0 Å². The fraction of sp³-hybridized carbons (Fsp3) is 1.00. The molecule has 0 spiro atoms. The normalized spacial score (nSPS) is 90.8. The first kappa shape index (κ1) is 4.86. The van der Waals surface area contributed by atoms with Gasteiger partial charge in [0.25, 0.3) is 0 Å². The molecule has 1 N–H and O–H groups in total. The quantitative estimate of drug-likeness (QED) is 0.537. The lowest BCUT2D eigenvalue weighted by atomic mass is 9.41. The summed E-state index contributed by atoms with van der Waals surface area (Å²) >= 11 is 0. The van der Waals surface area contributed by atoms with Gasteiger partial charge >= 0.3 is 0 Å². The van der Waals surface area contributed by atoms with Crippen LogP contribution >= 0.6 is 0 Å². The molecule has 4 bridgehead atoms. The maximum absolute atomic E-state index is 9.92. The van der Waals surface area contributed by atoms with Gasteiger partial charge in [0, 0.05) is 0 Å². The van der Waals surface area contributed by atoms with Crippen LogP contribution in [0.5, 0.6) is 0 Å². The maximum Gasteiger partial charge on any atom is 0.0607 e. The van der Waals surface area contributed by atoms with E-state index in [4.69, 9.17) is 0 Å². The molecule has 0 heterocycles. The Morgan fingerprint density at radius 1 is 0.727 bits per heavy atom. The van der Waals surface area contributed by atoms with E-state index in [1.54, 1.807) is 0 Å². The predicted molar refractivity (Wildman–Crippen MR) is 38.5 cm³/mol. The Labute approximate surface area is 65.8 Å². The summed E-state index contributed by atoms with van der Waals surface area (Å²) < 4.78 is 0. The fourth-order valence-electron chi connectivity index (χ4n) is 6.15. The SMILES string of the molecule is O[C@H]1[C@H]2[C@H]3[C@@H]4C[C@@H]5[C@H]3[C@H]2[C@@H]5[C@H]14. The van der Waals surface area contributed by atoms with E-state index < -0.39 is 0 Å². The molecule has 11 heavy (non-hydrogen) atoms. The molecular formula is C10H12O. The molecule has 0 aliphatic heterocycles. The fourth-order valence-corrected chi connectivity index (χ4v) is 6.15. The minimum Gasteiger partial charge on any atom is -0.393 e. The molecule has 9 atom stereocenters. The van der Waals surface area contributed by atoms with Gasteiger partial charge in [-0.15, -0.1) is 0 Å². The Hall–Kier alpha value is -0.0400. The minimum atomic E-state index is 0.156. The molecule has 0 aromatic heterocycles. The molecule has 0 unspecified atom stereocenters. The van der Waals surface area contributed by atoms with E-state index in [0.717, 1.165) is 47.3 Å². The third-order valence-corrected chi connectivity index (χ3v) is 5.98. The molecule has 6 rings (SSSR count). The Kier molecular flexibility index (Phi) is 0.452. The number of rotatable bonds is 0. The molecule has 58 valence electrons. The Bertz CT molecular complexity index is 264. The van der Waals surface area contributed by atoms with Crippen molar-refractivity contribution in [1.29, 1.82) is 0 Å². The largest absolute Gasteiger partial charge is 0.393 e. The molecular weight excluding hydrogens is 136 g/mol. The van der Waals surface area contributed by atoms with Crippen molar-refractivity contribution in [3.8, 4) is 0 Å². The van der Waals surface area contributed by atoms with Gasteiger partial charge in [-0.05, 0) is 53.8 Å². The summed E-state index contributed by atoms with van der Waals surface area (Å²) in [6, 6.07) is 0. The lowest BCUT2D eigenvalue weighted by molar-refractivity contribution is -0.172.